The molecular formula is C16H14BrN5O4. The summed E-state index contributed by atoms with van der Waals surface area (Å²) >= 11 is 3.35. The van der Waals surface area contributed by atoms with Gasteiger partial charge in [-0.15, -0.1) is 0 Å². The van der Waals surface area contributed by atoms with Crippen molar-refractivity contribution in [2.75, 3.05) is 5.32 Å². The summed E-state index contributed by atoms with van der Waals surface area (Å²) in [5, 5.41) is 19.3. The van der Waals surface area contributed by atoms with Crippen LogP contribution in [0.1, 0.15) is 10.4 Å². The van der Waals surface area contributed by atoms with Crippen molar-refractivity contribution < 1.29 is 19.4 Å². The van der Waals surface area contributed by atoms with Crippen molar-refractivity contribution in [2.24, 2.45) is 0 Å². The van der Waals surface area contributed by atoms with Gasteiger partial charge in [-0.3, -0.25) is 14.3 Å². The second-order valence-corrected chi connectivity index (χ2v) is 6.19. The molecule has 0 fully saturated rings. The maximum atomic E-state index is 12.1. The second-order valence-electron chi connectivity index (χ2n) is 5.27. The average Bonchev–Trinajstić information content (AvgIpc) is 3.23. The van der Waals surface area contributed by atoms with Gasteiger partial charge in [0, 0.05) is 10.7 Å². The molecule has 2 aromatic heterocycles. The second kappa shape index (κ2) is 7.83. The van der Waals surface area contributed by atoms with Gasteiger partial charge >= 0.3 is 5.97 Å². The molecule has 0 aliphatic rings. The van der Waals surface area contributed by atoms with Crippen molar-refractivity contribution in [3.8, 4) is 5.75 Å². The number of hydrogen-bond acceptors (Lipinski definition) is 5. The Morgan fingerprint density at radius 3 is 2.58 bits per heavy atom. The number of carbonyl (C=O) groups excluding carboxylic acids is 1. The number of nitrogens with one attached hydrogen (secondary N) is 1. The molecular weight excluding hydrogens is 406 g/mol. The van der Waals surface area contributed by atoms with Crippen LogP contribution in [0.5, 0.6) is 5.75 Å². The minimum atomic E-state index is -1.04. The molecule has 1 amide bonds. The van der Waals surface area contributed by atoms with E-state index in [1.807, 2.05) is 24.3 Å². The minimum Gasteiger partial charge on any atom is -0.480 e. The Kier molecular flexibility index (Phi) is 5.32. The zero-order chi connectivity index (χ0) is 18.5. The number of rotatable bonds is 7. The summed E-state index contributed by atoms with van der Waals surface area (Å²) in [5.74, 6) is -0.748. The number of carboxylic acid groups (broad SMARTS) is 1. The Hall–Kier alpha value is -3.14. The van der Waals surface area contributed by atoms with Crippen molar-refractivity contribution >= 4 is 33.5 Å². The van der Waals surface area contributed by atoms with Crippen LogP contribution in [0, 0.1) is 0 Å². The van der Waals surface area contributed by atoms with E-state index in [1.165, 1.54) is 28.0 Å². The molecule has 2 N–H and O–H groups in total. The van der Waals surface area contributed by atoms with Crippen LogP contribution in [0.15, 0.2) is 53.5 Å². The lowest BCUT2D eigenvalue weighted by atomic mass is 10.3. The molecule has 3 aromatic rings. The molecule has 0 bridgehead atoms. The lowest BCUT2D eigenvalue weighted by molar-refractivity contribution is -0.137. The number of ether oxygens (including phenoxy) is 1. The lowest BCUT2D eigenvalue weighted by Gasteiger charge is -2.05. The number of aliphatic carboxylic acids is 1. The Bertz CT molecular complexity index is 919. The number of nitrogens with zero attached hydrogens (tertiary/aromatic N) is 4. The van der Waals surface area contributed by atoms with Crippen LogP contribution in [0.4, 0.5) is 5.69 Å². The van der Waals surface area contributed by atoms with Crippen molar-refractivity contribution in [2.45, 2.75) is 13.3 Å². The van der Waals surface area contributed by atoms with Gasteiger partial charge in [-0.05, 0) is 24.3 Å². The third-order valence-corrected chi connectivity index (χ3v) is 3.79. The van der Waals surface area contributed by atoms with Gasteiger partial charge in [0.2, 0.25) is 0 Å². The van der Waals surface area contributed by atoms with E-state index in [0.717, 1.165) is 4.47 Å². The van der Waals surface area contributed by atoms with E-state index >= 15 is 0 Å². The predicted octanol–water partition coefficient (Wildman–Crippen LogP) is 2.22. The van der Waals surface area contributed by atoms with Crippen LogP contribution < -0.4 is 10.1 Å². The molecule has 0 radical (unpaired) electrons. The standard InChI is InChI=1S/C16H14BrN5O4/c17-12-1-3-14(4-2-12)26-10-22-8-13(6-19-22)20-16(25)11-5-18-21(7-11)9-15(23)24/h1-8H,9-10H2,(H,20,25)(H,23,24). The van der Waals surface area contributed by atoms with Crippen LogP contribution in [-0.2, 0) is 18.1 Å². The molecule has 0 saturated heterocycles. The van der Waals surface area contributed by atoms with Crippen LogP contribution in [0.25, 0.3) is 0 Å². The molecule has 9 nitrogen and oxygen atoms in total. The number of aromatic nitrogens is 4. The zero-order valence-corrected chi connectivity index (χ0v) is 15.0. The number of benzene rings is 1. The smallest absolute Gasteiger partial charge is 0.325 e. The zero-order valence-electron chi connectivity index (χ0n) is 13.4. The van der Waals surface area contributed by atoms with Crippen molar-refractivity contribution in [1.29, 1.82) is 0 Å². The number of amides is 1. The van der Waals surface area contributed by atoms with Crippen LogP contribution in [0.2, 0.25) is 0 Å². The highest BCUT2D eigenvalue weighted by Gasteiger charge is 2.11. The van der Waals surface area contributed by atoms with Crippen LogP contribution in [-0.4, -0.2) is 36.5 Å². The molecule has 2 heterocycles. The number of carboxylic acids is 1. The third kappa shape index (κ3) is 4.70. The Labute approximate surface area is 156 Å². The van der Waals surface area contributed by atoms with Crippen LogP contribution >= 0.6 is 15.9 Å². The monoisotopic (exact) mass is 419 g/mol. The van der Waals surface area contributed by atoms with Gasteiger partial charge in [0.05, 0.1) is 29.8 Å². The first-order valence-corrected chi connectivity index (χ1v) is 8.25. The van der Waals surface area contributed by atoms with E-state index in [4.69, 9.17) is 9.84 Å². The van der Waals surface area contributed by atoms with E-state index in [-0.39, 0.29) is 18.8 Å². The van der Waals surface area contributed by atoms with Gasteiger partial charge in [-0.1, -0.05) is 15.9 Å². The van der Waals surface area contributed by atoms with E-state index in [9.17, 15) is 9.59 Å². The highest BCUT2D eigenvalue weighted by atomic mass is 79.9. The lowest BCUT2D eigenvalue weighted by Crippen LogP contribution is -2.12. The first-order valence-electron chi connectivity index (χ1n) is 7.46. The summed E-state index contributed by atoms with van der Waals surface area (Å²) in [6.07, 6.45) is 5.78. The maximum Gasteiger partial charge on any atom is 0.325 e. The fraction of sp³-hybridized carbons (Fsp3) is 0.125. The first-order chi connectivity index (χ1) is 12.5. The maximum absolute atomic E-state index is 12.1. The molecule has 0 spiro atoms. The highest BCUT2D eigenvalue weighted by Crippen LogP contribution is 2.16. The number of carbonyl (C=O) groups is 2. The predicted molar refractivity (Wildman–Crippen MR) is 94.8 cm³/mol. The van der Waals surface area contributed by atoms with Gasteiger partial charge in [0.15, 0.2) is 6.73 Å². The quantitative estimate of drug-likeness (QED) is 0.607. The summed E-state index contributed by atoms with van der Waals surface area (Å²) in [4.78, 5) is 22.8. The molecule has 0 aliphatic heterocycles. The molecule has 0 unspecified atom stereocenters. The molecule has 0 saturated carbocycles. The summed E-state index contributed by atoms with van der Waals surface area (Å²) < 4.78 is 9.25. The van der Waals surface area contributed by atoms with E-state index in [0.29, 0.717) is 11.4 Å². The topological polar surface area (TPSA) is 111 Å². The van der Waals surface area contributed by atoms with Gasteiger partial charge in [-0.25, -0.2) is 4.68 Å². The Morgan fingerprint density at radius 2 is 1.85 bits per heavy atom. The fourth-order valence-corrected chi connectivity index (χ4v) is 2.34. The Morgan fingerprint density at radius 1 is 1.12 bits per heavy atom. The van der Waals surface area contributed by atoms with E-state index < -0.39 is 11.9 Å². The number of hydrogen-bond donors (Lipinski definition) is 2. The normalized spacial score (nSPS) is 10.5. The molecule has 1 aromatic carbocycles. The summed E-state index contributed by atoms with van der Waals surface area (Å²) in [6.45, 7) is -0.118. The number of anilines is 1. The molecule has 26 heavy (non-hydrogen) atoms. The van der Waals surface area contributed by atoms with E-state index in [2.05, 4.69) is 31.4 Å². The van der Waals surface area contributed by atoms with Crippen molar-refractivity contribution in [3.63, 3.8) is 0 Å². The van der Waals surface area contributed by atoms with Gasteiger partial charge in [0.1, 0.15) is 12.3 Å². The summed E-state index contributed by atoms with van der Waals surface area (Å²) in [5.41, 5.74) is 0.741. The molecule has 3 rings (SSSR count). The van der Waals surface area contributed by atoms with Crippen molar-refractivity contribution in [1.82, 2.24) is 19.6 Å². The molecule has 0 aliphatic carbocycles. The Balaban J connectivity index is 1.55. The van der Waals surface area contributed by atoms with Gasteiger partial charge in [-0.2, -0.15) is 10.2 Å². The summed E-state index contributed by atoms with van der Waals surface area (Å²) in [6, 6.07) is 7.39. The van der Waals surface area contributed by atoms with Crippen LogP contribution in [0.3, 0.4) is 0 Å². The molecule has 134 valence electrons. The van der Waals surface area contributed by atoms with Gasteiger partial charge < -0.3 is 15.2 Å². The van der Waals surface area contributed by atoms with E-state index in [1.54, 1.807) is 6.20 Å². The molecule has 10 heteroatoms. The minimum absolute atomic E-state index is 0.189. The summed E-state index contributed by atoms with van der Waals surface area (Å²) in [7, 11) is 0. The van der Waals surface area contributed by atoms with Gasteiger partial charge in [0.25, 0.3) is 5.91 Å². The third-order valence-electron chi connectivity index (χ3n) is 3.26. The highest BCUT2D eigenvalue weighted by molar-refractivity contribution is 9.10. The molecule has 0 atom stereocenters. The fourth-order valence-electron chi connectivity index (χ4n) is 2.08. The SMILES string of the molecule is O=C(O)Cn1cc(C(=O)Nc2cnn(COc3ccc(Br)cc3)c2)cn1. The van der Waals surface area contributed by atoms with Crippen molar-refractivity contribution in [3.05, 3.63) is 59.1 Å². The number of halogens is 1. The average molecular weight is 420 g/mol. The first kappa shape index (κ1) is 17.7. The largest absolute Gasteiger partial charge is 0.480 e.